The predicted molar refractivity (Wildman–Crippen MR) is 75.1 cm³/mol. The summed E-state index contributed by atoms with van der Waals surface area (Å²) in [6, 6.07) is 6.64. The summed E-state index contributed by atoms with van der Waals surface area (Å²) in [7, 11) is 0. The van der Waals surface area contributed by atoms with Gasteiger partial charge in [0.1, 0.15) is 11.6 Å². The van der Waals surface area contributed by atoms with E-state index in [9.17, 15) is 4.79 Å². The first-order chi connectivity index (χ1) is 9.22. The monoisotopic (exact) mass is 254 g/mol. The number of benzene rings is 1. The van der Waals surface area contributed by atoms with E-state index in [2.05, 4.69) is 28.2 Å². The number of aryl methyl sites for hydroxylation is 2. The fraction of sp³-hybridized carbons (Fsp3) is 0.375. The van der Waals surface area contributed by atoms with Gasteiger partial charge in [-0.15, -0.1) is 0 Å². The van der Waals surface area contributed by atoms with Crippen LogP contribution in [0.5, 0.6) is 0 Å². The fourth-order valence-electron chi connectivity index (χ4n) is 2.74. The van der Waals surface area contributed by atoms with Crippen LogP contribution in [0.25, 0.3) is 11.3 Å². The van der Waals surface area contributed by atoms with Gasteiger partial charge in [-0.1, -0.05) is 12.1 Å². The number of Topliss-reactive ketones (excluding diaryl/α,β-unsaturated/α-hetero) is 1. The van der Waals surface area contributed by atoms with Gasteiger partial charge in [0, 0.05) is 0 Å². The lowest BCUT2D eigenvalue weighted by Crippen LogP contribution is -2.02. The molecule has 1 aromatic carbocycles. The lowest BCUT2D eigenvalue weighted by molar-refractivity contribution is -0.116. The zero-order valence-electron chi connectivity index (χ0n) is 11.2. The van der Waals surface area contributed by atoms with E-state index in [1.54, 1.807) is 6.92 Å². The maximum atomic E-state index is 11.1. The Labute approximate surface area is 113 Å². The molecule has 1 heterocycles. The van der Waals surface area contributed by atoms with E-state index in [0.717, 1.165) is 11.5 Å². The summed E-state index contributed by atoms with van der Waals surface area (Å²) in [5, 5.41) is 0. The van der Waals surface area contributed by atoms with E-state index in [4.69, 9.17) is 0 Å². The van der Waals surface area contributed by atoms with Gasteiger partial charge in [0.05, 0.1) is 18.3 Å². The third-order valence-corrected chi connectivity index (χ3v) is 3.70. The molecule has 2 aromatic rings. The number of carbonyl (C=O) groups excluding carboxylic acids is 1. The number of aromatic amines is 1. The molecule has 0 saturated heterocycles. The van der Waals surface area contributed by atoms with Gasteiger partial charge in [-0.2, -0.15) is 0 Å². The highest BCUT2D eigenvalue weighted by atomic mass is 16.1. The van der Waals surface area contributed by atoms with Crippen molar-refractivity contribution in [1.29, 1.82) is 0 Å². The molecule has 3 nitrogen and oxygen atoms in total. The maximum absolute atomic E-state index is 11.1. The van der Waals surface area contributed by atoms with E-state index >= 15 is 0 Å². The molecule has 1 aromatic heterocycles. The van der Waals surface area contributed by atoms with Crippen molar-refractivity contribution in [3.63, 3.8) is 0 Å². The van der Waals surface area contributed by atoms with Gasteiger partial charge < -0.3 is 4.98 Å². The van der Waals surface area contributed by atoms with Crippen molar-refractivity contribution in [3.05, 3.63) is 41.3 Å². The fourth-order valence-corrected chi connectivity index (χ4v) is 2.74. The molecule has 0 bridgehead atoms. The van der Waals surface area contributed by atoms with E-state index in [1.807, 2.05) is 6.20 Å². The number of hydrogen-bond donors (Lipinski definition) is 1. The summed E-state index contributed by atoms with van der Waals surface area (Å²) >= 11 is 0. The van der Waals surface area contributed by atoms with Crippen LogP contribution in [0.3, 0.4) is 0 Å². The minimum absolute atomic E-state index is 0.131. The molecule has 98 valence electrons. The third kappa shape index (κ3) is 2.60. The van der Waals surface area contributed by atoms with E-state index in [-0.39, 0.29) is 5.78 Å². The number of H-pyrrole nitrogens is 1. The number of nitrogens with one attached hydrogen (secondary N) is 1. The largest absolute Gasteiger partial charge is 0.342 e. The lowest BCUT2D eigenvalue weighted by atomic mass is 9.90. The van der Waals surface area contributed by atoms with Crippen molar-refractivity contribution >= 4 is 5.78 Å². The number of rotatable bonds is 3. The van der Waals surface area contributed by atoms with Gasteiger partial charge in [0.2, 0.25) is 0 Å². The van der Waals surface area contributed by atoms with E-state index < -0.39 is 0 Å². The molecule has 0 aliphatic heterocycles. The van der Waals surface area contributed by atoms with Crippen LogP contribution in [-0.4, -0.2) is 15.8 Å². The molecule has 3 rings (SSSR count). The standard InChI is InChI=1S/C16H18N2O/c1-11(19)8-16-17-10-15(18-16)14-7-6-12-4-2-3-5-13(12)9-14/h6-7,9-10H,2-5,8H2,1H3,(H,17,18). The number of carbonyl (C=O) groups is 1. The average Bonchev–Trinajstić information content (AvgIpc) is 2.86. The first-order valence-corrected chi connectivity index (χ1v) is 6.88. The second-order valence-electron chi connectivity index (χ2n) is 5.31. The molecule has 0 unspecified atom stereocenters. The molecular formula is C16H18N2O. The van der Waals surface area contributed by atoms with E-state index in [0.29, 0.717) is 6.42 Å². The molecule has 0 saturated carbocycles. The van der Waals surface area contributed by atoms with Crippen LogP contribution in [0.2, 0.25) is 0 Å². The van der Waals surface area contributed by atoms with Gasteiger partial charge in [0.15, 0.2) is 0 Å². The molecular weight excluding hydrogens is 236 g/mol. The number of aromatic nitrogens is 2. The minimum atomic E-state index is 0.131. The highest BCUT2D eigenvalue weighted by Crippen LogP contribution is 2.26. The van der Waals surface area contributed by atoms with Gasteiger partial charge in [0.25, 0.3) is 0 Å². The molecule has 0 radical (unpaired) electrons. The van der Waals surface area contributed by atoms with Crippen molar-refractivity contribution in [2.75, 3.05) is 0 Å². The molecule has 0 fully saturated rings. The zero-order chi connectivity index (χ0) is 13.2. The van der Waals surface area contributed by atoms with Gasteiger partial charge in [-0.25, -0.2) is 4.98 Å². The SMILES string of the molecule is CC(=O)Cc1ncc(-c2ccc3c(c2)CCCC3)[nH]1. The first-order valence-electron chi connectivity index (χ1n) is 6.88. The second-order valence-corrected chi connectivity index (χ2v) is 5.31. The number of hydrogen-bond acceptors (Lipinski definition) is 2. The van der Waals surface area contributed by atoms with Crippen LogP contribution >= 0.6 is 0 Å². The zero-order valence-corrected chi connectivity index (χ0v) is 11.2. The van der Waals surface area contributed by atoms with Crippen molar-refractivity contribution < 1.29 is 4.79 Å². The Morgan fingerprint density at radius 1 is 1.26 bits per heavy atom. The average molecular weight is 254 g/mol. The Morgan fingerprint density at radius 2 is 2.05 bits per heavy atom. The van der Waals surface area contributed by atoms with Crippen LogP contribution in [0.1, 0.15) is 36.7 Å². The molecule has 3 heteroatoms. The van der Waals surface area contributed by atoms with Crippen molar-refractivity contribution in [1.82, 2.24) is 9.97 Å². The lowest BCUT2D eigenvalue weighted by Gasteiger charge is -2.16. The summed E-state index contributed by atoms with van der Waals surface area (Å²) < 4.78 is 0. The molecule has 1 aliphatic carbocycles. The summed E-state index contributed by atoms with van der Waals surface area (Å²) in [4.78, 5) is 18.6. The molecule has 1 aliphatic rings. The third-order valence-electron chi connectivity index (χ3n) is 3.70. The van der Waals surface area contributed by atoms with Crippen LogP contribution < -0.4 is 0 Å². The molecule has 19 heavy (non-hydrogen) atoms. The number of ketones is 1. The smallest absolute Gasteiger partial charge is 0.137 e. The Hall–Kier alpha value is -1.90. The summed E-state index contributed by atoms with van der Waals surface area (Å²) in [6.07, 6.45) is 7.17. The summed E-state index contributed by atoms with van der Waals surface area (Å²) in [5.74, 6) is 0.881. The van der Waals surface area contributed by atoms with Gasteiger partial charge >= 0.3 is 0 Å². The van der Waals surface area contributed by atoms with Crippen molar-refractivity contribution in [2.24, 2.45) is 0 Å². The summed E-state index contributed by atoms with van der Waals surface area (Å²) in [6.45, 7) is 1.58. The van der Waals surface area contributed by atoms with Crippen LogP contribution in [0.15, 0.2) is 24.4 Å². The Bertz CT molecular complexity index is 613. The highest BCUT2D eigenvalue weighted by Gasteiger charge is 2.11. The molecule has 1 N–H and O–H groups in total. The molecule has 0 amide bonds. The van der Waals surface area contributed by atoms with E-state index in [1.165, 1.54) is 42.4 Å². The number of imidazole rings is 1. The Kier molecular flexibility index (Phi) is 3.20. The molecule has 0 spiro atoms. The Balaban J connectivity index is 1.89. The van der Waals surface area contributed by atoms with Crippen LogP contribution in [-0.2, 0) is 24.1 Å². The second kappa shape index (κ2) is 5.00. The number of fused-ring (bicyclic) bond motifs is 1. The van der Waals surface area contributed by atoms with Gasteiger partial charge in [-0.05, 0) is 55.4 Å². The Morgan fingerprint density at radius 3 is 2.84 bits per heavy atom. The predicted octanol–water partition coefficient (Wildman–Crippen LogP) is 3.09. The van der Waals surface area contributed by atoms with Gasteiger partial charge in [-0.3, -0.25) is 4.79 Å². The topological polar surface area (TPSA) is 45.8 Å². The quantitative estimate of drug-likeness (QED) is 0.914. The van der Waals surface area contributed by atoms with Crippen LogP contribution in [0.4, 0.5) is 0 Å². The van der Waals surface area contributed by atoms with Crippen LogP contribution in [0, 0.1) is 0 Å². The number of nitrogens with zero attached hydrogens (tertiary/aromatic N) is 1. The highest BCUT2D eigenvalue weighted by molar-refractivity contribution is 5.77. The normalized spacial score (nSPS) is 14.2. The van der Waals surface area contributed by atoms with Crippen molar-refractivity contribution in [2.45, 2.75) is 39.0 Å². The first kappa shape index (κ1) is 12.2. The van der Waals surface area contributed by atoms with Crippen molar-refractivity contribution in [3.8, 4) is 11.3 Å². The summed E-state index contributed by atoms with van der Waals surface area (Å²) in [5.41, 5.74) is 5.12. The molecule has 0 atom stereocenters. The minimum Gasteiger partial charge on any atom is -0.342 e. The maximum Gasteiger partial charge on any atom is 0.137 e.